The van der Waals surface area contributed by atoms with Gasteiger partial charge in [0.15, 0.2) is 5.43 Å². The Kier molecular flexibility index (Phi) is 3.76. The number of aryl methyl sites for hydroxylation is 1. The van der Waals surface area contributed by atoms with E-state index < -0.39 is 5.91 Å². The van der Waals surface area contributed by atoms with Crippen molar-refractivity contribution in [3.63, 3.8) is 0 Å². The molecule has 100 valence electrons. The van der Waals surface area contributed by atoms with E-state index in [1.807, 2.05) is 0 Å². The zero-order valence-corrected chi connectivity index (χ0v) is 11.1. The van der Waals surface area contributed by atoms with Crippen LogP contribution >= 0.6 is 11.6 Å². The van der Waals surface area contributed by atoms with Gasteiger partial charge in [0.2, 0.25) is 5.91 Å². The molecule has 2 aromatic rings. The van der Waals surface area contributed by atoms with Gasteiger partial charge in [0, 0.05) is 25.2 Å². The number of halogens is 1. The molecule has 0 radical (unpaired) electrons. The maximum Gasteiger partial charge on any atom is 0.219 e. The van der Waals surface area contributed by atoms with Crippen LogP contribution in [0.2, 0.25) is 5.02 Å². The lowest BCUT2D eigenvalue weighted by molar-refractivity contribution is -0.118. The Balaban J connectivity index is 2.71. The first-order valence-corrected chi connectivity index (χ1v) is 6.06. The minimum atomic E-state index is -0.409. The fourth-order valence-corrected chi connectivity index (χ4v) is 2.21. The summed E-state index contributed by atoms with van der Waals surface area (Å²) in [6, 6.07) is 4.71. The summed E-state index contributed by atoms with van der Waals surface area (Å²) in [5.74, 6) is 0.120. The van der Waals surface area contributed by atoms with E-state index >= 15 is 0 Å². The van der Waals surface area contributed by atoms with Gasteiger partial charge in [0.05, 0.1) is 23.0 Å². The normalized spacial score (nSPS) is 10.6. The molecule has 1 aromatic heterocycles. The molecule has 19 heavy (non-hydrogen) atoms. The van der Waals surface area contributed by atoms with Gasteiger partial charge in [0.1, 0.15) is 5.75 Å². The van der Waals surface area contributed by atoms with E-state index in [2.05, 4.69) is 0 Å². The number of methoxy groups -OCH3 is 1. The van der Waals surface area contributed by atoms with E-state index in [4.69, 9.17) is 22.1 Å². The zero-order valence-electron chi connectivity index (χ0n) is 10.4. The molecule has 0 fully saturated rings. The number of ether oxygens (including phenoxy) is 1. The number of carbonyl (C=O) groups is 1. The molecule has 0 saturated carbocycles. The summed E-state index contributed by atoms with van der Waals surface area (Å²) in [7, 11) is 1.51. The molecule has 0 spiro atoms. The van der Waals surface area contributed by atoms with Crippen LogP contribution in [0.5, 0.6) is 5.75 Å². The first kappa shape index (κ1) is 13.4. The third kappa shape index (κ3) is 2.56. The fourth-order valence-electron chi connectivity index (χ4n) is 1.96. The fraction of sp³-hybridized carbons (Fsp3) is 0.231. The maximum absolute atomic E-state index is 11.9. The number of aromatic nitrogens is 1. The summed E-state index contributed by atoms with van der Waals surface area (Å²) in [4.78, 5) is 22.8. The van der Waals surface area contributed by atoms with Crippen molar-refractivity contribution in [1.82, 2.24) is 4.57 Å². The smallest absolute Gasteiger partial charge is 0.219 e. The molecule has 6 heteroatoms. The van der Waals surface area contributed by atoms with Crippen molar-refractivity contribution in [3.05, 3.63) is 39.6 Å². The number of carbonyl (C=O) groups excluding carboxylic acids is 1. The van der Waals surface area contributed by atoms with Crippen molar-refractivity contribution < 1.29 is 9.53 Å². The molecule has 2 N–H and O–H groups in total. The number of rotatable bonds is 4. The molecule has 0 aliphatic carbocycles. The van der Waals surface area contributed by atoms with Crippen LogP contribution in [0.25, 0.3) is 10.9 Å². The van der Waals surface area contributed by atoms with Gasteiger partial charge >= 0.3 is 0 Å². The van der Waals surface area contributed by atoms with Crippen LogP contribution in [0.15, 0.2) is 29.2 Å². The first-order chi connectivity index (χ1) is 9.04. The van der Waals surface area contributed by atoms with Crippen molar-refractivity contribution in [3.8, 4) is 5.75 Å². The molecule has 1 amide bonds. The third-order valence-electron chi connectivity index (χ3n) is 2.85. The van der Waals surface area contributed by atoms with E-state index in [1.54, 1.807) is 22.9 Å². The lowest BCUT2D eigenvalue weighted by Gasteiger charge is -2.13. The minimum absolute atomic E-state index is 0.174. The van der Waals surface area contributed by atoms with Crippen molar-refractivity contribution in [2.75, 3.05) is 7.11 Å². The molecule has 1 heterocycles. The SMILES string of the molecule is COc1ccc(Cl)c2c(=O)ccn(CCC(N)=O)c12. The Labute approximate surface area is 114 Å². The highest BCUT2D eigenvalue weighted by atomic mass is 35.5. The van der Waals surface area contributed by atoms with Gasteiger partial charge in [-0.1, -0.05) is 11.6 Å². The number of benzene rings is 1. The largest absolute Gasteiger partial charge is 0.495 e. The van der Waals surface area contributed by atoms with Crippen molar-refractivity contribution in [2.45, 2.75) is 13.0 Å². The van der Waals surface area contributed by atoms with E-state index in [-0.39, 0.29) is 11.8 Å². The van der Waals surface area contributed by atoms with Crippen molar-refractivity contribution in [1.29, 1.82) is 0 Å². The standard InChI is InChI=1S/C13H13ClN2O3/c1-19-10-3-2-8(14)12-9(17)4-6-16(13(10)12)7-5-11(15)18/h2-4,6H,5,7H2,1H3,(H2,15,18). The number of amides is 1. The number of primary amides is 1. The quantitative estimate of drug-likeness (QED) is 0.923. The number of nitrogens with two attached hydrogens (primary N) is 1. The average Bonchev–Trinajstić information content (AvgIpc) is 2.38. The highest BCUT2D eigenvalue weighted by Gasteiger charge is 2.12. The second kappa shape index (κ2) is 5.32. The minimum Gasteiger partial charge on any atom is -0.495 e. The van der Waals surface area contributed by atoms with Crippen molar-refractivity contribution in [2.24, 2.45) is 5.73 Å². The summed E-state index contributed by atoms with van der Waals surface area (Å²) in [5, 5.41) is 0.738. The van der Waals surface area contributed by atoms with Crippen LogP contribution in [-0.2, 0) is 11.3 Å². The summed E-state index contributed by atoms with van der Waals surface area (Å²) in [5.41, 5.74) is 5.53. The molecule has 0 aliphatic heterocycles. The van der Waals surface area contributed by atoms with Crippen LogP contribution < -0.4 is 15.9 Å². The second-order valence-corrected chi connectivity index (χ2v) is 4.47. The van der Waals surface area contributed by atoms with Gasteiger partial charge in [-0.25, -0.2) is 0 Å². The maximum atomic E-state index is 11.9. The second-order valence-electron chi connectivity index (χ2n) is 4.06. The molecular weight excluding hydrogens is 268 g/mol. The lowest BCUT2D eigenvalue weighted by Crippen LogP contribution is -2.16. The molecule has 0 aliphatic rings. The van der Waals surface area contributed by atoms with Gasteiger partial charge in [-0.2, -0.15) is 0 Å². The molecule has 2 rings (SSSR count). The van der Waals surface area contributed by atoms with Gasteiger partial charge in [-0.15, -0.1) is 0 Å². The summed E-state index contributed by atoms with van der Waals surface area (Å²) < 4.78 is 6.99. The Morgan fingerprint density at radius 3 is 2.79 bits per heavy atom. The Morgan fingerprint density at radius 2 is 2.16 bits per heavy atom. The number of nitrogens with zero attached hydrogens (tertiary/aromatic N) is 1. The highest BCUT2D eigenvalue weighted by Crippen LogP contribution is 2.29. The number of hydrogen-bond donors (Lipinski definition) is 1. The predicted molar refractivity (Wildman–Crippen MR) is 73.6 cm³/mol. The average molecular weight is 281 g/mol. The topological polar surface area (TPSA) is 74.3 Å². The summed E-state index contributed by atoms with van der Waals surface area (Å²) in [6.07, 6.45) is 1.78. The molecule has 0 saturated heterocycles. The van der Waals surface area contributed by atoms with Gasteiger partial charge in [-0.3, -0.25) is 9.59 Å². The number of fused-ring (bicyclic) bond motifs is 1. The Hall–Kier alpha value is -2.01. The van der Waals surface area contributed by atoms with Gasteiger partial charge in [-0.05, 0) is 12.1 Å². The van der Waals surface area contributed by atoms with E-state index in [9.17, 15) is 9.59 Å². The Morgan fingerprint density at radius 1 is 1.42 bits per heavy atom. The van der Waals surface area contributed by atoms with Crippen LogP contribution in [0.3, 0.4) is 0 Å². The molecule has 1 aromatic carbocycles. The molecule has 5 nitrogen and oxygen atoms in total. The first-order valence-electron chi connectivity index (χ1n) is 5.68. The van der Waals surface area contributed by atoms with Crippen LogP contribution in [-0.4, -0.2) is 17.6 Å². The molecule has 0 bridgehead atoms. The van der Waals surface area contributed by atoms with E-state index in [0.717, 1.165) is 0 Å². The van der Waals surface area contributed by atoms with E-state index in [1.165, 1.54) is 13.2 Å². The number of hydrogen-bond acceptors (Lipinski definition) is 3. The van der Waals surface area contributed by atoms with Crippen LogP contribution in [0.4, 0.5) is 0 Å². The molecule has 0 unspecified atom stereocenters. The van der Waals surface area contributed by atoms with Crippen LogP contribution in [0, 0.1) is 0 Å². The van der Waals surface area contributed by atoms with Gasteiger partial charge < -0.3 is 15.0 Å². The van der Waals surface area contributed by atoms with Gasteiger partial charge in [0.25, 0.3) is 0 Å². The molecule has 0 atom stereocenters. The Bertz CT molecular complexity index is 694. The number of pyridine rings is 1. The van der Waals surface area contributed by atoms with E-state index in [0.29, 0.717) is 28.2 Å². The highest BCUT2D eigenvalue weighted by molar-refractivity contribution is 6.35. The summed E-state index contributed by atoms with van der Waals surface area (Å²) >= 11 is 6.07. The predicted octanol–water partition coefficient (Wildman–Crippen LogP) is 1.54. The monoisotopic (exact) mass is 280 g/mol. The van der Waals surface area contributed by atoms with Crippen LogP contribution in [0.1, 0.15) is 6.42 Å². The lowest BCUT2D eigenvalue weighted by atomic mass is 10.2. The zero-order chi connectivity index (χ0) is 14.0. The molecular formula is C13H13ClN2O3. The summed E-state index contributed by atoms with van der Waals surface area (Å²) in [6.45, 7) is 0.364. The van der Waals surface area contributed by atoms with Crippen molar-refractivity contribution >= 4 is 28.4 Å². The third-order valence-corrected chi connectivity index (χ3v) is 3.16.